The van der Waals surface area contributed by atoms with E-state index in [1.807, 2.05) is 6.08 Å². The molecular formula is C14H26O. The highest BCUT2D eigenvalue weighted by Gasteiger charge is 2.31. The summed E-state index contributed by atoms with van der Waals surface area (Å²) in [6, 6.07) is 0. The Morgan fingerprint density at radius 3 is 2.20 bits per heavy atom. The fourth-order valence-electron chi connectivity index (χ4n) is 2.73. The van der Waals surface area contributed by atoms with Crippen LogP contribution in [0.25, 0.3) is 0 Å². The molecule has 0 radical (unpaired) electrons. The minimum atomic E-state index is -0.150. The van der Waals surface area contributed by atoms with Crippen molar-refractivity contribution in [2.75, 3.05) is 0 Å². The van der Waals surface area contributed by atoms with E-state index in [4.69, 9.17) is 0 Å². The Bertz CT molecular complexity index is 194. The van der Waals surface area contributed by atoms with Gasteiger partial charge in [-0.3, -0.25) is 0 Å². The molecule has 1 fully saturated rings. The van der Waals surface area contributed by atoms with Gasteiger partial charge in [-0.25, -0.2) is 0 Å². The monoisotopic (exact) mass is 210 g/mol. The van der Waals surface area contributed by atoms with Gasteiger partial charge in [0, 0.05) is 0 Å². The average Bonchev–Trinajstić information content (AvgIpc) is 2.17. The summed E-state index contributed by atoms with van der Waals surface area (Å²) in [5, 5.41) is 9.89. The van der Waals surface area contributed by atoms with E-state index >= 15 is 0 Å². The number of aliphatic hydroxyl groups excluding tert-OH is 1. The summed E-state index contributed by atoms with van der Waals surface area (Å²) in [6.45, 7) is 10.7. The van der Waals surface area contributed by atoms with Gasteiger partial charge in [-0.2, -0.15) is 0 Å². The summed E-state index contributed by atoms with van der Waals surface area (Å²) in [4.78, 5) is 0. The van der Waals surface area contributed by atoms with E-state index in [0.29, 0.717) is 11.3 Å². The predicted molar refractivity (Wildman–Crippen MR) is 65.7 cm³/mol. The van der Waals surface area contributed by atoms with Crippen molar-refractivity contribution in [2.24, 2.45) is 17.3 Å². The van der Waals surface area contributed by atoms with Crippen molar-refractivity contribution in [1.29, 1.82) is 0 Å². The molecule has 0 aromatic carbocycles. The SMILES string of the molecule is C=CCC(O)C1CCC(C(C)(C)C)CC1. The average molecular weight is 210 g/mol. The van der Waals surface area contributed by atoms with E-state index in [1.54, 1.807) is 0 Å². The molecule has 0 amide bonds. The van der Waals surface area contributed by atoms with Gasteiger partial charge in [0.05, 0.1) is 6.10 Å². The topological polar surface area (TPSA) is 20.2 Å². The second kappa shape index (κ2) is 5.16. The van der Waals surface area contributed by atoms with Gasteiger partial charge in [-0.05, 0) is 49.4 Å². The lowest BCUT2D eigenvalue weighted by Gasteiger charge is -2.38. The highest BCUT2D eigenvalue weighted by Crippen LogP contribution is 2.40. The summed E-state index contributed by atoms with van der Waals surface area (Å²) in [6.07, 6.45) is 7.38. The largest absolute Gasteiger partial charge is 0.393 e. The Hall–Kier alpha value is -0.300. The van der Waals surface area contributed by atoms with Crippen molar-refractivity contribution >= 4 is 0 Å². The van der Waals surface area contributed by atoms with Gasteiger partial charge in [-0.15, -0.1) is 6.58 Å². The molecule has 1 atom stereocenters. The molecule has 88 valence electrons. The number of hydrogen-bond donors (Lipinski definition) is 1. The summed E-state index contributed by atoms with van der Waals surface area (Å²) in [7, 11) is 0. The molecule has 1 aliphatic carbocycles. The zero-order valence-corrected chi connectivity index (χ0v) is 10.5. The standard InChI is InChI=1S/C14H26O/c1-5-6-13(15)11-7-9-12(10-8-11)14(2,3)4/h5,11-13,15H,1,6-10H2,2-4H3. The van der Waals surface area contributed by atoms with Crippen LogP contribution in [0.2, 0.25) is 0 Å². The lowest BCUT2D eigenvalue weighted by atomic mass is 9.68. The van der Waals surface area contributed by atoms with Gasteiger partial charge in [-0.1, -0.05) is 26.8 Å². The molecule has 0 aliphatic heterocycles. The third kappa shape index (κ3) is 3.64. The molecule has 15 heavy (non-hydrogen) atoms. The van der Waals surface area contributed by atoms with E-state index in [2.05, 4.69) is 27.4 Å². The molecule has 1 heteroatoms. The number of aliphatic hydroxyl groups is 1. The molecule has 0 aromatic heterocycles. The van der Waals surface area contributed by atoms with E-state index in [1.165, 1.54) is 25.7 Å². The van der Waals surface area contributed by atoms with Crippen LogP contribution < -0.4 is 0 Å². The molecule has 1 unspecified atom stereocenters. The van der Waals surface area contributed by atoms with Crippen LogP contribution in [0.3, 0.4) is 0 Å². The molecule has 1 aliphatic rings. The van der Waals surface area contributed by atoms with Crippen molar-refractivity contribution in [1.82, 2.24) is 0 Å². The number of hydrogen-bond acceptors (Lipinski definition) is 1. The van der Waals surface area contributed by atoms with Gasteiger partial charge < -0.3 is 5.11 Å². The lowest BCUT2D eigenvalue weighted by molar-refractivity contribution is 0.0553. The maximum Gasteiger partial charge on any atom is 0.0602 e. The Kier molecular flexibility index (Phi) is 4.39. The lowest BCUT2D eigenvalue weighted by Crippen LogP contribution is -2.30. The highest BCUT2D eigenvalue weighted by atomic mass is 16.3. The van der Waals surface area contributed by atoms with Crippen LogP contribution in [-0.4, -0.2) is 11.2 Å². The summed E-state index contributed by atoms with van der Waals surface area (Å²) >= 11 is 0. The third-order valence-corrected chi connectivity index (χ3v) is 3.95. The molecule has 0 heterocycles. The number of rotatable bonds is 3. The first-order chi connectivity index (χ1) is 6.95. The van der Waals surface area contributed by atoms with Gasteiger partial charge in [0.15, 0.2) is 0 Å². The van der Waals surface area contributed by atoms with Crippen molar-refractivity contribution < 1.29 is 5.11 Å². The predicted octanol–water partition coefficient (Wildman–Crippen LogP) is 3.78. The van der Waals surface area contributed by atoms with E-state index < -0.39 is 0 Å². The smallest absolute Gasteiger partial charge is 0.0602 e. The second-order valence-corrected chi connectivity index (χ2v) is 6.07. The van der Waals surface area contributed by atoms with E-state index in [9.17, 15) is 5.11 Å². The summed E-state index contributed by atoms with van der Waals surface area (Å²) in [5.74, 6) is 1.35. The molecule has 1 saturated carbocycles. The fourth-order valence-corrected chi connectivity index (χ4v) is 2.73. The van der Waals surface area contributed by atoms with Crippen molar-refractivity contribution in [3.05, 3.63) is 12.7 Å². The van der Waals surface area contributed by atoms with Crippen molar-refractivity contribution in [3.63, 3.8) is 0 Å². The van der Waals surface area contributed by atoms with Crippen molar-refractivity contribution in [2.45, 2.75) is 59.0 Å². The van der Waals surface area contributed by atoms with Crippen LogP contribution in [0, 0.1) is 17.3 Å². The Labute approximate surface area is 94.6 Å². The van der Waals surface area contributed by atoms with Crippen LogP contribution in [0.4, 0.5) is 0 Å². The molecule has 1 N–H and O–H groups in total. The first-order valence-electron chi connectivity index (χ1n) is 6.24. The highest BCUT2D eigenvalue weighted by molar-refractivity contribution is 4.85. The molecular weight excluding hydrogens is 184 g/mol. The Morgan fingerprint density at radius 2 is 1.80 bits per heavy atom. The van der Waals surface area contributed by atoms with Gasteiger partial charge in [0.25, 0.3) is 0 Å². The first-order valence-corrected chi connectivity index (χ1v) is 6.24. The van der Waals surface area contributed by atoms with E-state index in [-0.39, 0.29) is 6.10 Å². The van der Waals surface area contributed by atoms with Crippen molar-refractivity contribution in [3.8, 4) is 0 Å². The molecule has 1 rings (SSSR count). The van der Waals surface area contributed by atoms with Gasteiger partial charge >= 0.3 is 0 Å². The van der Waals surface area contributed by atoms with Crippen LogP contribution in [0.1, 0.15) is 52.9 Å². The zero-order valence-electron chi connectivity index (χ0n) is 10.5. The first kappa shape index (κ1) is 12.8. The van der Waals surface area contributed by atoms with Crippen LogP contribution in [0.5, 0.6) is 0 Å². The Balaban J connectivity index is 2.39. The van der Waals surface area contributed by atoms with Crippen LogP contribution in [-0.2, 0) is 0 Å². The summed E-state index contributed by atoms with van der Waals surface area (Å²) in [5.41, 5.74) is 0.439. The maximum atomic E-state index is 9.89. The normalized spacial score (nSPS) is 29.9. The van der Waals surface area contributed by atoms with Gasteiger partial charge in [0.1, 0.15) is 0 Å². The van der Waals surface area contributed by atoms with Crippen LogP contribution >= 0.6 is 0 Å². The molecule has 0 spiro atoms. The second-order valence-electron chi connectivity index (χ2n) is 6.07. The third-order valence-electron chi connectivity index (χ3n) is 3.95. The van der Waals surface area contributed by atoms with E-state index in [0.717, 1.165) is 12.3 Å². The quantitative estimate of drug-likeness (QED) is 0.703. The fraction of sp³-hybridized carbons (Fsp3) is 0.857. The Morgan fingerprint density at radius 1 is 1.27 bits per heavy atom. The minimum Gasteiger partial charge on any atom is -0.393 e. The van der Waals surface area contributed by atoms with Crippen LogP contribution in [0.15, 0.2) is 12.7 Å². The van der Waals surface area contributed by atoms with Gasteiger partial charge in [0.2, 0.25) is 0 Å². The minimum absolute atomic E-state index is 0.150. The zero-order chi connectivity index (χ0) is 11.5. The molecule has 0 aromatic rings. The molecule has 1 nitrogen and oxygen atoms in total. The summed E-state index contributed by atoms with van der Waals surface area (Å²) < 4.78 is 0. The maximum absolute atomic E-state index is 9.89. The molecule has 0 bridgehead atoms. The molecule has 0 saturated heterocycles.